The Morgan fingerprint density at radius 3 is 2.47 bits per heavy atom. The second-order valence-corrected chi connectivity index (χ2v) is 5.26. The molecule has 0 heterocycles. The van der Waals surface area contributed by atoms with Crippen LogP contribution in [0.5, 0.6) is 5.75 Å². The van der Waals surface area contributed by atoms with Gasteiger partial charge < -0.3 is 4.74 Å². The number of nitriles is 1. The summed E-state index contributed by atoms with van der Waals surface area (Å²) in [6.45, 7) is 4.55. The number of aryl methyl sites for hydroxylation is 2. The third-order valence-corrected chi connectivity index (χ3v) is 4.12. The summed E-state index contributed by atoms with van der Waals surface area (Å²) < 4.78 is 6.89. The van der Waals surface area contributed by atoms with E-state index in [9.17, 15) is 0 Å². The lowest BCUT2D eigenvalue weighted by molar-refractivity contribution is 0.305. The van der Waals surface area contributed by atoms with E-state index in [2.05, 4.69) is 22.0 Å². The maximum Gasteiger partial charge on any atom is 0.120 e. The van der Waals surface area contributed by atoms with Crippen LogP contribution in [-0.2, 0) is 6.61 Å². The fraction of sp³-hybridized carbons (Fsp3) is 0.188. The van der Waals surface area contributed by atoms with Crippen LogP contribution in [0.3, 0.4) is 0 Å². The highest BCUT2D eigenvalue weighted by Crippen LogP contribution is 2.26. The highest BCUT2D eigenvalue weighted by atomic mass is 79.9. The first-order chi connectivity index (χ1) is 9.10. The van der Waals surface area contributed by atoms with Gasteiger partial charge in [0.1, 0.15) is 12.4 Å². The fourth-order valence-corrected chi connectivity index (χ4v) is 2.12. The third kappa shape index (κ3) is 3.36. The molecule has 2 aromatic rings. The molecule has 0 saturated heterocycles. The van der Waals surface area contributed by atoms with Crippen LogP contribution in [0.1, 0.15) is 22.3 Å². The molecule has 0 atom stereocenters. The lowest BCUT2D eigenvalue weighted by Crippen LogP contribution is -1.97. The first-order valence-corrected chi connectivity index (χ1v) is 6.78. The Balaban J connectivity index is 2.12. The summed E-state index contributed by atoms with van der Waals surface area (Å²) in [6, 6.07) is 13.6. The molecule has 2 rings (SSSR count). The second-order valence-electron chi connectivity index (χ2n) is 4.47. The Hall–Kier alpha value is -1.79. The summed E-state index contributed by atoms with van der Waals surface area (Å²) in [4.78, 5) is 0. The average Bonchev–Trinajstić information content (AvgIpc) is 2.42. The number of hydrogen-bond acceptors (Lipinski definition) is 2. The molecule has 2 nitrogen and oxygen atoms in total. The van der Waals surface area contributed by atoms with Crippen LogP contribution in [0.25, 0.3) is 0 Å². The number of benzene rings is 2. The topological polar surface area (TPSA) is 33.0 Å². The van der Waals surface area contributed by atoms with Gasteiger partial charge in [-0.25, -0.2) is 0 Å². The minimum Gasteiger partial charge on any atom is -0.489 e. The molecule has 0 aromatic heterocycles. The predicted molar refractivity (Wildman–Crippen MR) is 79.1 cm³/mol. The molecule has 0 aliphatic rings. The van der Waals surface area contributed by atoms with Crippen LogP contribution in [0.4, 0.5) is 0 Å². The lowest BCUT2D eigenvalue weighted by atomic mass is 10.1. The molecule has 0 bridgehead atoms. The van der Waals surface area contributed by atoms with Gasteiger partial charge >= 0.3 is 0 Å². The monoisotopic (exact) mass is 315 g/mol. The molecule has 0 aliphatic heterocycles. The van der Waals surface area contributed by atoms with Crippen LogP contribution in [0.15, 0.2) is 40.9 Å². The van der Waals surface area contributed by atoms with Crippen molar-refractivity contribution >= 4 is 15.9 Å². The molecule has 0 amide bonds. The standard InChI is InChI=1S/C16H14BrNO/c1-11-6-15(7-12(2)16(11)17)19-10-14-5-3-4-13(8-14)9-18/h3-8H,10H2,1-2H3. The molecule has 0 fully saturated rings. The van der Waals surface area contributed by atoms with Crippen molar-refractivity contribution in [3.8, 4) is 11.8 Å². The van der Waals surface area contributed by atoms with E-state index in [0.717, 1.165) is 26.9 Å². The molecule has 0 unspecified atom stereocenters. The maximum absolute atomic E-state index is 8.85. The smallest absolute Gasteiger partial charge is 0.120 e. The van der Waals surface area contributed by atoms with E-state index < -0.39 is 0 Å². The highest BCUT2D eigenvalue weighted by molar-refractivity contribution is 9.10. The van der Waals surface area contributed by atoms with Gasteiger partial charge in [0.15, 0.2) is 0 Å². The van der Waals surface area contributed by atoms with Crippen molar-refractivity contribution in [3.05, 3.63) is 63.1 Å². The SMILES string of the molecule is Cc1cc(OCc2cccc(C#N)c2)cc(C)c1Br. The number of nitrogens with zero attached hydrogens (tertiary/aromatic N) is 1. The summed E-state index contributed by atoms with van der Waals surface area (Å²) in [5.41, 5.74) is 3.96. The Bertz CT molecular complexity index is 620. The Labute approximate surface area is 121 Å². The van der Waals surface area contributed by atoms with E-state index in [1.165, 1.54) is 0 Å². The van der Waals surface area contributed by atoms with E-state index in [-0.39, 0.29) is 0 Å². The van der Waals surface area contributed by atoms with Gasteiger partial charge in [-0.1, -0.05) is 28.1 Å². The van der Waals surface area contributed by atoms with Gasteiger partial charge in [0.2, 0.25) is 0 Å². The molecule has 0 radical (unpaired) electrons. The average molecular weight is 316 g/mol. The van der Waals surface area contributed by atoms with Crippen LogP contribution in [-0.4, -0.2) is 0 Å². The molecular formula is C16H14BrNO. The maximum atomic E-state index is 8.85. The van der Waals surface area contributed by atoms with Crippen LogP contribution < -0.4 is 4.74 Å². The molecule has 0 N–H and O–H groups in total. The molecule has 19 heavy (non-hydrogen) atoms. The van der Waals surface area contributed by atoms with Gasteiger partial charge in [-0.2, -0.15) is 5.26 Å². The van der Waals surface area contributed by atoms with E-state index in [0.29, 0.717) is 12.2 Å². The second kappa shape index (κ2) is 5.90. The van der Waals surface area contributed by atoms with E-state index in [1.54, 1.807) is 6.07 Å². The first-order valence-electron chi connectivity index (χ1n) is 5.99. The highest BCUT2D eigenvalue weighted by Gasteiger charge is 2.04. The summed E-state index contributed by atoms with van der Waals surface area (Å²) in [7, 11) is 0. The van der Waals surface area contributed by atoms with Gasteiger partial charge in [0.05, 0.1) is 11.6 Å². The lowest BCUT2D eigenvalue weighted by Gasteiger charge is -2.10. The first kappa shape index (κ1) is 13.6. The van der Waals surface area contributed by atoms with Crippen molar-refractivity contribution in [3.63, 3.8) is 0 Å². The predicted octanol–water partition coefficient (Wildman–Crippen LogP) is 4.52. The van der Waals surface area contributed by atoms with E-state index >= 15 is 0 Å². The Morgan fingerprint density at radius 2 is 1.84 bits per heavy atom. The number of halogens is 1. The minimum absolute atomic E-state index is 0.468. The Kier molecular flexibility index (Phi) is 4.24. The van der Waals surface area contributed by atoms with Crippen molar-refractivity contribution in [1.29, 1.82) is 5.26 Å². The van der Waals surface area contributed by atoms with Crippen LogP contribution >= 0.6 is 15.9 Å². The molecule has 0 spiro atoms. The van der Waals surface area contributed by atoms with Crippen LogP contribution in [0.2, 0.25) is 0 Å². The van der Waals surface area contributed by atoms with Crippen molar-refractivity contribution in [2.45, 2.75) is 20.5 Å². The molecule has 2 aromatic carbocycles. The van der Waals surface area contributed by atoms with Crippen molar-refractivity contribution in [2.75, 3.05) is 0 Å². The fourth-order valence-electron chi connectivity index (χ4n) is 1.89. The van der Waals surface area contributed by atoms with E-state index in [4.69, 9.17) is 10.00 Å². The minimum atomic E-state index is 0.468. The third-order valence-electron chi connectivity index (χ3n) is 2.87. The van der Waals surface area contributed by atoms with Crippen LogP contribution in [0, 0.1) is 25.2 Å². The molecule has 0 saturated carbocycles. The van der Waals surface area contributed by atoms with Gasteiger partial charge in [-0.15, -0.1) is 0 Å². The Morgan fingerprint density at radius 1 is 1.16 bits per heavy atom. The zero-order valence-corrected chi connectivity index (χ0v) is 12.5. The van der Waals surface area contributed by atoms with Gasteiger partial charge in [0, 0.05) is 4.47 Å². The summed E-state index contributed by atoms with van der Waals surface area (Å²) in [5, 5.41) is 8.85. The van der Waals surface area contributed by atoms with Crippen molar-refractivity contribution < 1.29 is 4.74 Å². The number of hydrogen-bond donors (Lipinski definition) is 0. The zero-order chi connectivity index (χ0) is 13.8. The van der Waals surface area contributed by atoms with Gasteiger partial charge in [0.25, 0.3) is 0 Å². The number of ether oxygens (including phenoxy) is 1. The summed E-state index contributed by atoms with van der Waals surface area (Å²) in [5.74, 6) is 0.848. The molecule has 96 valence electrons. The van der Waals surface area contributed by atoms with Crippen molar-refractivity contribution in [1.82, 2.24) is 0 Å². The molecule has 0 aliphatic carbocycles. The van der Waals surface area contributed by atoms with E-state index in [1.807, 2.05) is 44.2 Å². The molecular weight excluding hydrogens is 302 g/mol. The number of rotatable bonds is 3. The normalized spacial score (nSPS) is 10.0. The summed E-state index contributed by atoms with van der Waals surface area (Å²) >= 11 is 3.54. The molecule has 3 heteroatoms. The van der Waals surface area contributed by atoms with Gasteiger partial charge in [-0.3, -0.25) is 0 Å². The zero-order valence-electron chi connectivity index (χ0n) is 10.9. The summed E-state index contributed by atoms with van der Waals surface area (Å²) in [6.07, 6.45) is 0. The largest absolute Gasteiger partial charge is 0.489 e. The van der Waals surface area contributed by atoms with Gasteiger partial charge in [-0.05, 0) is 54.8 Å². The quantitative estimate of drug-likeness (QED) is 0.834. The van der Waals surface area contributed by atoms with Crippen molar-refractivity contribution in [2.24, 2.45) is 0 Å².